The highest BCUT2D eigenvalue weighted by Gasteiger charge is 1.88. The summed E-state index contributed by atoms with van der Waals surface area (Å²) >= 11 is 0. The highest BCUT2D eigenvalue weighted by Crippen LogP contribution is 1.95. The summed E-state index contributed by atoms with van der Waals surface area (Å²) in [6.45, 7) is 4.11. The van der Waals surface area contributed by atoms with Gasteiger partial charge in [0.15, 0.2) is 0 Å². The molecule has 0 unspecified atom stereocenters. The van der Waals surface area contributed by atoms with Crippen LogP contribution in [0.5, 0.6) is 0 Å². The summed E-state index contributed by atoms with van der Waals surface area (Å²) in [7, 11) is 3.50. The zero-order chi connectivity index (χ0) is 7.28. The minimum atomic E-state index is 0.434. The van der Waals surface area contributed by atoms with Crippen molar-refractivity contribution >= 4 is 7.85 Å². The van der Waals surface area contributed by atoms with E-state index in [1.165, 1.54) is 0 Å². The quantitative estimate of drug-likeness (QED) is 0.317. The zero-order valence-electron chi connectivity index (χ0n) is 5.98. The first-order chi connectivity index (χ1) is 4.20. The van der Waals surface area contributed by atoms with Gasteiger partial charge in [-0.05, 0) is 6.08 Å². The molecule has 0 fully saturated rings. The normalized spacial score (nSPS) is 11.1. The molecule has 0 radical (unpaired) electrons. The van der Waals surface area contributed by atoms with Crippen molar-refractivity contribution < 1.29 is 4.74 Å². The van der Waals surface area contributed by atoms with E-state index >= 15 is 0 Å². The van der Waals surface area contributed by atoms with E-state index in [4.69, 9.17) is 10.5 Å². The molecule has 3 heteroatoms. The minimum absolute atomic E-state index is 0.434. The smallest absolute Gasteiger partial charge is 0.138 e. The third-order valence-corrected chi connectivity index (χ3v) is 0.871. The van der Waals surface area contributed by atoms with Crippen molar-refractivity contribution in [1.29, 1.82) is 0 Å². The largest absolute Gasteiger partial charge is 0.500 e. The van der Waals surface area contributed by atoms with Crippen LogP contribution in [0.3, 0.4) is 0 Å². The molecule has 2 N–H and O–H groups in total. The van der Waals surface area contributed by atoms with Gasteiger partial charge in [-0.15, -0.1) is 6.58 Å². The van der Waals surface area contributed by atoms with Crippen molar-refractivity contribution in [3.63, 3.8) is 0 Å². The highest BCUT2D eigenvalue weighted by molar-refractivity contribution is 6.23. The third-order valence-electron chi connectivity index (χ3n) is 0.871. The van der Waals surface area contributed by atoms with Crippen LogP contribution in [0, 0.1) is 0 Å². The second-order valence-corrected chi connectivity index (χ2v) is 1.87. The average Bonchev–Trinajstić information content (AvgIpc) is 1.82. The molecule has 0 aliphatic rings. The van der Waals surface area contributed by atoms with Gasteiger partial charge in [0.2, 0.25) is 0 Å². The van der Waals surface area contributed by atoms with Crippen LogP contribution in [-0.2, 0) is 4.74 Å². The molecule has 2 nitrogen and oxygen atoms in total. The molecule has 0 saturated heterocycles. The Balaban J connectivity index is 3.91. The molecule has 0 spiro atoms. The molecule has 0 aliphatic carbocycles. The summed E-state index contributed by atoms with van der Waals surface area (Å²) in [4.78, 5) is 0. The van der Waals surface area contributed by atoms with E-state index in [0.717, 1.165) is 11.2 Å². The van der Waals surface area contributed by atoms with Gasteiger partial charge < -0.3 is 10.5 Å². The molecule has 0 bridgehead atoms. The first-order valence-electron chi connectivity index (χ1n) is 2.81. The van der Waals surface area contributed by atoms with Crippen LogP contribution in [0.2, 0.25) is 0 Å². The van der Waals surface area contributed by atoms with Gasteiger partial charge in [-0.3, -0.25) is 0 Å². The Bertz CT molecular complexity index is 125. The van der Waals surface area contributed by atoms with E-state index in [9.17, 15) is 0 Å². The molecule has 0 amide bonds. The second kappa shape index (κ2) is 4.21. The highest BCUT2D eigenvalue weighted by atomic mass is 16.5. The molecule has 0 atom stereocenters. The Hall–Kier alpha value is -0.695. The second-order valence-electron chi connectivity index (χ2n) is 1.87. The third kappa shape index (κ3) is 3.85. The van der Waals surface area contributed by atoms with Crippen LogP contribution in [-0.4, -0.2) is 21.5 Å². The molecule has 0 aliphatic heterocycles. The summed E-state index contributed by atoms with van der Waals surface area (Å²) in [6, 6.07) is 0. The van der Waals surface area contributed by atoms with Crippen molar-refractivity contribution in [2.24, 2.45) is 5.73 Å². The van der Waals surface area contributed by atoms with Crippen LogP contribution in [0.15, 0.2) is 23.9 Å². The lowest BCUT2D eigenvalue weighted by Gasteiger charge is -2.00. The van der Waals surface area contributed by atoms with E-state index in [0.29, 0.717) is 6.54 Å². The summed E-state index contributed by atoms with van der Waals surface area (Å²) in [5.41, 5.74) is 6.25. The monoisotopic (exact) mass is 125 g/mol. The lowest BCUT2D eigenvalue weighted by atomic mass is 9.97. The topological polar surface area (TPSA) is 35.2 Å². The van der Waals surface area contributed by atoms with Crippen LogP contribution in [0.1, 0.15) is 0 Å². The fourth-order valence-corrected chi connectivity index (χ4v) is 0.476. The number of nitrogens with two attached hydrogens (primary N) is 1. The molecule has 50 valence electrons. The summed E-state index contributed by atoms with van der Waals surface area (Å²) < 4.78 is 4.89. The molecule has 0 heterocycles. The van der Waals surface area contributed by atoms with Gasteiger partial charge in [-0.2, -0.15) is 0 Å². The SMILES string of the molecule is BC(=C)/C=C(\CN)OC. The van der Waals surface area contributed by atoms with E-state index < -0.39 is 0 Å². The Morgan fingerprint density at radius 3 is 2.56 bits per heavy atom. The fraction of sp³-hybridized carbons (Fsp3) is 0.333. The Morgan fingerprint density at radius 1 is 1.89 bits per heavy atom. The standard InChI is InChI=1S/C6H12BNO/c1-5(7)3-6(4-8)9-2/h3H,1,4,7-8H2,2H3/b6-3+. The van der Waals surface area contributed by atoms with Crippen LogP contribution < -0.4 is 5.73 Å². The number of ether oxygens (including phenoxy) is 1. The van der Waals surface area contributed by atoms with Crippen molar-refractivity contribution in [3.8, 4) is 0 Å². The lowest BCUT2D eigenvalue weighted by Crippen LogP contribution is -2.04. The predicted molar refractivity (Wildman–Crippen MR) is 41.8 cm³/mol. The minimum Gasteiger partial charge on any atom is -0.500 e. The Labute approximate surface area is 56.8 Å². The van der Waals surface area contributed by atoms with Gasteiger partial charge in [-0.1, -0.05) is 5.47 Å². The number of allylic oxidation sites excluding steroid dienone is 2. The van der Waals surface area contributed by atoms with E-state index in [1.54, 1.807) is 7.11 Å². The fourth-order valence-electron chi connectivity index (χ4n) is 0.476. The van der Waals surface area contributed by atoms with Crippen molar-refractivity contribution in [2.75, 3.05) is 13.7 Å². The summed E-state index contributed by atoms with van der Waals surface area (Å²) in [6.07, 6.45) is 1.82. The predicted octanol–water partition coefficient (Wildman–Crippen LogP) is -0.378. The molecular weight excluding hydrogens is 113 g/mol. The van der Waals surface area contributed by atoms with Gasteiger partial charge >= 0.3 is 0 Å². The van der Waals surface area contributed by atoms with Crippen molar-refractivity contribution in [3.05, 3.63) is 23.9 Å². The molecule has 0 aromatic heterocycles. The maximum Gasteiger partial charge on any atom is 0.138 e. The molecular formula is C6H12BNO. The van der Waals surface area contributed by atoms with Gasteiger partial charge in [0.25, 0.3) is 0 Å². The van der Waals surface area contributed by atoms with Crippen LogP contribution in [0.25, 0.3) is 0 Å². The number of hydrogen-bond acceptors (Lipinski definition) is 2. The Morgan fingerprint density at radius 2 is 2.44 bits per heavy atom. The average molecular weight is 125 g/mol. The maximum atomic E-state index is 5.30. The molecule has 0 saturated carbocycles. The summed E-state index contributed by atoms with van der Waals surface area (Å²) in [5.74, 6) is 0.766. The number of rotatable bonds is 3. The number of methoxy groups -OCH3 is 1. The first kappa shape index (κ1) is 8.30. The summed E-state index contributed by atoms with van der Waals surface area (Å²) in [5, 5.41) is 0. The Kier molecular flexibility index (Phi) is 3.89. The van der Waals surface area contributed by atoms with E-state index in [-0.39, 0.29) is 0 Å². The molecule has 0 aromatic carbocycles. The first-order valence-corrected chi connectivity index (χ1v) is 2.81. The number of hydrogen-bond donors (Lipinski definition) is 1. The van der Waals surface area contributed by atoms with E-state index in [2.05, 4.69) is 6.58 Å². The van der Waals surface area contributed by atoms with Crippen molar-refractivity contribution in [2.45, 2.75) is 0 Å². The van der Waals surface area contributed by atoms with Gasteiger partial charge in [0, 0.05) is 0 Å². The van der Waals surface area contributed by atoms with E-state index in [1.807, 2.05) is 13.9 Å². The van der Waals surface area contributed by atoms with Crippen molar-refractivity contribution in [1.82, 2.24) is 0 Å². The molecule has 9 heavy (non-hydrogen) atoms. The van der Waals surface area contributed by atoms with Gasteiger partial charge in [0.1, 0.15) is 13.6 Å². The van der Waals surface area contributed by atoms with Gasteiger partial charge in [-0.25, -0.2) is 0 Å². The maximum absolute atomic E-state index is 5.30. The van der Waals surface area contributed by atoms with Gasteiger partial charge in [0.05, 0.1) is 13.7 Å². The molecule has 0 aromatic rings. The van der Waals surface area contributed by atoms with Crippen LogP contribution in [0.4, 0.5) is 0 Å². The lowest BCUT2D eigenvalue weighted by molar-refractivity contribution is 0.287. The zero-order valence-corrected chi connectivity index (χ0v) is 5.98. The van der Waals surface area contributed by atoms with Crippen LogP contribution >= 0.6 is 0 Å². The molecule has 0 rings (SSSR count).